The third-order valence-corrected chi connectivity index (χ3v) is 5.98. The summed E-state index contributed by atoms with van der Waals surface area (Å²) in [5.74, 6) is 1.06. The fourth-order valence-electron chi connectivity index (χ4n) is 3.81. The minimum absolute atomic E-state index is 0.423. The van der Waals surface area contributed by atoms with Crippen LogP contribution < -0.4 is 9.47 Å². The normalized spacial score (nSPS) is 11.0. The van der Waals surface area contributed by atoms with Crippen LogP contribution in [-0.2, 0) is 13.2 Å². The summed E-state index contributed by atoms with van der Waals surface area (Å²) in [5.41, 5.74) is 5.33. The standard InChI is InChI=1S/C28H23BrN2O2/c1-20-17-31(25-13-12-23(29)16-24(20)25)26-14-15-27(32-18-21-8-4-2-5-9-21)30-28(26)33-19-22-10-6-3-7-11-22/h2-17H,18-19H2,1H3. The van der Waals surface area contributed by atoms with Crippen LogP contribution in [0.2, 0.25) is 0 Å². The predicted octanol–water partition coefficient (Wildman–Crippen LogP) is 7.25. The first-order chi connectivity index (χ1) is 16.2. The number of benzene rings is 3. The molecule has 4 nitrogen and oxygen atoms in total. The molecule has 2 heterocycles. The van der Waals surface area contributed by atoms with Gasteiger partial charge in [0.25, 0.3) is 0 Å². The molecule has 0 aliphatic rings. The van der Waals surface area contributed by atoms with E-state index in [0.717, 1.165) is 26.8 Å². The van der Waals surface area contributed by atoms with Crippen molar-refractivity contribution in [2.24, 2.45) is 0 Å². The van der Waals surface area contributed by atoms with Crippen molar-refractivity contribution >= 4 is 26.8 Å². The van der Waals surface area contributed by atoms with Crippen molar-refractivity contribution in [1.29, 1.82) is 0 Å². The third-order valence-electron chi connectivity index (χ3n) is 5.49. The van der Waals surface area contributed by atoms with E-state index in [1.165, 1.54) is 10.9 Å². The second kappa shape index (κ2) is 9.51. The summed E-state index contributed by atoms with van der Waals surface area (Å²) in [7, 11) is 0. The van der Waals surface area contributed by atoms with Gasteiger partial charge in [0.05, 0.1) is 5.52 Å². The van der Waals surface area contributed by atoms with Crippen LogP contribution in [-0.4, -0.2) is 9.55 Å². The van der Waals surface area contributed by atoms with Crippen molar-refractivity contribution in [2.75, 3.05) is 0 Å². The Bertz CT molecular complexity index is 1380. The number of pyridine rings is 1. The smallest absolute Gasteiger partial charge is 0.241 e. The molecule has 0 aliphatic carbocycles. The van der Waals surface area contributed by atoms with Gasteiger partial charge >= 0.3 is 0 Å². The van der Waals surface area contributed by atoms with Crippen molar-refractivity contribution in [2.45, 2.75) is 20.1 Å². The number of hydrogen-bond donors (Lipinski definition) is 0. The van der Waals surface area contributed by atoms with Gasteiger partial charge in [-0.3, -0.25) is 0 Å². The molecule has 5 aromatic rings. The molecule has 2 aromatic heterocycles. The molecule has 5 heteroatoms. The Morgan fingerprint density at radius 1 is 0.788 bits per heavy atom. The maximum Gasteiger partial charge on any atom is 0.241 e. The molecule has 0 unspecified atom stereocenters. The molecular weight excluding hydrogens is 476 g/mol. The van der Waals surface area contributed by atoms with Crippen molar-refractivity contribution in [3.05, 3.63) is 118 Å². The zero-order valence-corrected chi connectivity index (χ0v) is 19.8. The minimum Gasteiger partial charge on any atom is -0.473 e. The summed E-state index contributed by atoms with van der Waals surface area (Å²) in [6.07, 6.45) is 2.12. The van der Waals surface area contributed by atoms with E-state index in [0.29, 0.717) is 25.0 Å². The average Bonchev–Trinajstić information content (AvgIpc) is 3.18. The fourth-order valence-corrected chi connectivity index (χ4v) is 4.17. The topological polar surface area (TPSA) is 36.3 Å². The van der Waals surface area contributed by atoms with Gasteiger partial charge in [0.15, 0.2) is 0 Å². The first kappa shape index (κ1) is 21.3. The molecule has 0 bridgehead atoms. The van der Waals surface area contributed by atoms with Gasteiger partial charge in [-0.25, -0.2) is 0 Å². The van der Waals surface area contributed by atoms with Gasteiger partial charge in [-0.05, 0) is 47.9 Å². The van der Waals surface area contributed by atoms with Crippen LogP contribution in [0.15, 0.2) is 102 Å². The van der Waals surface area contributed by atoms with E-state index >= 15 is 0 Å². The SMILES string of the molecule is Cc1cn(-c2ccc(OCc3ccccc3)nc2OCc2ccccc2)c2ccc(Br)cc12. The van der Waals surface area contributed by atoms with E-state index < -0.39 is 0 Å². The summed E-state index contributed by atoms with van der Waals surface area (Å²) in [5, 5.41) is 1.18. The van der Waals surface area contributed by atoms with Crippen LogP contribution in [0.1, 0.15) is 16.7 Å². The highest BCUT2D eigenvalue weighted by Crippen LogP contribution is 2.32. The van der Waals surface area contributed by atoms with Gasteiger partial charge < -0.3 is 14.0 Å². The second-order valence-corrected chi connectivity index (χ2v) is 8.78. The predicted molar refractivity (Wildman–Crippen MR) is 135 cm³/mol. The Balaban J connectivity index is 1.51. The van der Waals surface area contributed by atoms with Crippen LogP contribution in [0.25, 0.3) is 16.6 Å². The molecule has 0 radical (unpaired) electrons. The molecule has 5 rings (SSSR count). The molecule has 164 valence electrons. The number of fused-ring (bicyclic) bond motifs is 1. The highest BCUT2D eigenvalue weighted by molar-refractivity contribution is 9.10. The summed E-state index contributed by atoms with van der Waals surface area (Å²) in [6.45, 7) is 2.98. The van der Waals surface area contributed by atoms with Crippen LogP contribution >= 0.6 is 15.9 Å². The summed E-state index contributed by atoms with van der Waals surface area (Å²) < 4.78 is 15.4. The summed E-state index contributed by atoms with van der Waals surface area (Å²) in [4.78, 5) is 4.74. The number of aromatic nitrogens is 2. The Kier molecular flexibility index (Phi) is 6.13. The van der Waals surface area contributed by atoms with E-state index in [4.69, 9.17) is 14.5 Å². The molecule has 33 heavy (non-hydrogen) atoms. The van der Waals surface area contributed by atoms with E-state index in [-0.39, 0.29) is 0 Å². The lowest BCUT2D eigenvalue weighted by Gasteiger charge is -2.14. The fraction of sp³-hybridized carbons (Fsp3) is 0.107. The first-order valence-electron chi connectivity index (χ1n) is 10.8. The zero-order chi connectivity index (χ0) is 22.6. The molecule has 0 saturated heterocycles. The van der Waals surface area contributed by atoms with Gasteiger partial charge in [0.1, 0.15) is 18.9 Å². The number of ether oxygens (including phenoxy) is 2. The Hall–Kier alpha value is -3.57. The van der Waals surface area contributed by atoms with Crippen molar-refractivity contribution in [3.8, 4) is 17.4 Å². The second-order valence-electron chi connectivity index (χ2n) is 7.87. The van der Waals surface area contributed by atoms with Gasteiger partial charge in [0, 0.05) is 22.1 Å². The zero-order valence-electron chi connectivity index (χ0n) is 18.2. The number of aryl methyl sites for hydroxylation is 1. The lowest BCUT2D eigenvalue weighted by Crippen LogP contribution is -2.05. The number of hydrogen-bond acceptors (Lipinski definition) is 3. The van der Waals surface area contributed by atoms with Crippen molar-refractivity contribution in [3.63, 3.8) is 0 Å². The van der Waals surface area contributed by atoms with E-state index in [1.807, 2.05) is 78.9 Å². The van der Waals surface area contributed by atoms with Crippen molar-refractivity contribution < 1.29 is 9.47 Å². The van der Waals surface area contributed by atoms with Crippen LogP contribution in [0, 0.1) is 6.92 Å². The van der Waals surface area contributed by atoms with E-state index in [9.17, 15) is 0 Å². The van der Waals surface area contributed by atoms with Crippen LogP contribution in [0.3, 0.4) is 0 Å². The van der Waals surface area contributed by atoms with Crippen molar-refractivity contribution in [1.82, 2.24) is 9.55 Å². The molecule has 3 aromatic carbocycles. The number of nitrogens with zero attached hydrogens (tertiary/aromatic N) is 2. The highest BCUT2D eigenvalue weighted by Gasteiger charge is 2.15. The van der Waals surface area contributed by atoms with Gasteiger partial charge in [0.2, 0.25) is 11.8 Å². The van der Waals surface area contributed by atoms with E-state index in [2.05, 4.69) is 45.8 Å². The van der Waals surface area contributed by atoms with Gasteiger partial charge in [-0.15, -0.1) is 0 Å². The summed E-state index contributed by atoms with van der Waals surface area (Å²) >= 11 is 3.58. The molecule has 0 amide bonds. The lowest BCUT2D eigenvalue weighted by molar-refractivity contribution is 0.267. The summed E-state index contributed by atoms with van der Waals surface area (Å²) in [6, 6.07) is 30.4. The van der Waals surface area contributed by atoms with Gasteiger partial charge in [-0.2, -0.15) is 4.98 Å². The third kappa shape index (κ3) is 4.78. The molecular formula is C28H23BrN2O2. The Labute approximate surface area is 201 Å². The van der Waals surface area contributed by atoms with Crippen LogP contribution in [0.4, 0.5) is 0 Å². The van der Waals surface area contributed by atoms with E-state index in [1.54, 1.807) is 0 Å². The molecule has 0 spiro atoms. The Morgan fingerprint density at radius 3 is 2.15 bits per heavy atom. The lowest BCUT2D eigenvalue weighted by atomic mass is 10.2. The molecule has 0 fully saturated rings. The molecule has 0 aliphatic heterocycles. The average molecular weight is 499 g/mol. The largest absolute Gasteiger partial charge is 0.473 e. The van der Waals surface area contributed by atoms with Crippen LogP contribution in [0.5, 0.6) is 11.8 Å². The first-order valence-corrected chi connectivity index (χ1v) is 11.6. The number of halogens is 1. The maximum atomic E-state index is 6.23. The quantitative estimate of drug-likeness (QED) is 0.237. The highest BCUT2D eigenvalue weighted by atomic mass is 79.9. The number of rotatable bonds is 7. The molecule has 0 saturated carbocycles. The molecule has 0 N–H and O–H groups in total. The molecule has 0 atom stereocenters. The maximum absolute atomic E-state index is 6.23. The van der Waals surface area contributed by atoms with Gasteiger partial charge in [-0.1, -0.05) is 76.6 Å². The Morgan fingerprint density at radius 2 is 1.45 bits per heavy atom. The minimum atomic E-state index is 0.423. The monoisotopic (exact) mass is 498 g/mol.